The summed E-state index contributed by atoms with van der Waals surface area (Å²) in [6.07, 6.45) is 0. The first kappa shape index (κ1) is 15.6. The van der Waals surface area contributed by atoms with E-state index in [2.05, 4.69) is 29.4 Å². The van der Waals surface area contributed by atoms with E-state index in [9.17, 15) is 4.79 Å². The van der Waals surface area contributed by atoms with Crippen molar-refractivity contribution in [3.8, 4) is 5.75 Å². The first-order valence-corrected chi connectivity index (χ1v) is 8.46. The van der Waals surface area contributed by atoms with E-state index in [-0.39, 0.29) is 5.91 Å². The van der Waals surface area contributed by atoms with Crippen LogP contribution in [0.25, 0.3) is 0 Å². The van der Waals surface area contributed by atoms with Gasteiger partial charge in [-0.25, -0.2) is 0 Å². The minimum atomic E-state index is -0.154. The van der Waals surface area contributed by atoms with E-state index in [1.165, 1.54) is 5.56 Å². The van der Waals surface area contributed by atoms with Gasteiger partial charge in [0.1, 0.15) is 12.4 Å². The van der Waals surface area contributed by atoms with Crippen LogP contribution in [0.15, 0.2) is 53.5 Å². The van der Waals surface area contributed by atoms with E-state index in [0.717, 1.165) is 17.9 Å². The first-order valence-electron chi connectivity index (χ1n) is 7.48. The molecule has 0 saturated heterocycles. The maximum atomic E-state index is 12.2. The van der Waals surface area contributed by atoms with Crippen LogP contribution in [0.2, 0.25) is 0 Å². The molecule has 1 heterocycles. The quantitative estimate of drug-likeness (QED) is 0.937. The van der Waals surface area contributed by atoms with Gasteiger partial charge in [0.05, 0.1) is 6.54 Å². The molecule has 0 spiro atoms. The molecule has 0 unspecified atom stereocenters. The number of nitrogens with one attached hydrogen (secondary N) is 1. The predicted molar refractivity (Wildman–Crippen MR) is 94.2 cm³/mol. The van der Waals surface area contributed by atoms with Gasteiger partial charge in [-0.1, -0.05) is 47.7 Å². The van der Waals surface area contributed by atoms with E-state index >= 15 is 0 Å². The van der Waals surface area contributed by atoms with Crippen LogP contribution >= 0.6 is 11.8 Å². The number of amidine groups is 1. The SMILES string of the molecule is Cc1cccc(COc2cccc(C(=O)NC3=NCCS3)c2)c1. The third-order valence-corrected chi connectivity index (χ3v) is 4.28. The van der Waals surface area contributed by atoms with Crippen LogP contribution in [0, 0.1) is 6.92 Å². The van der Waals surface area contributed by atoms with Crippen molar-refractivity contribution in [1.82, 2.24) is 5.32 Å². The van der Waals surface area contributed by atoms with Gasteiger partial charge in [0.15, 0.2) is 5.17 Å². The molecular formula is C18H18N2O2S. The van der Waals surface area contributed by atoms with Gasteiger partial charge in [-0.05, 0) is 30.7 Å². The van der Waals surface area contributed by atoms with Gasteiger partial charge in [-0.2, -0.15) is 0 Å². The lowest BCUT2D eigenvalue weighted by atomic mass is 10.1. The van der Waals surface area contributed by atoms with Gasteiger partial charge in [-0.3, -0.25) is 9.79 Å². The number of carbonyl (C=O) groups excluding carboxylic acids is 1. The second-order valence-electron chi connectivity index (χ2n) is 5.30. The molecule has 1 N–H and O–H groups in total. The summed E-state index contributed by atoms with van der Waals surface area (Å²) >= 11 is 1.57. The number of aliphatic imine (C=N–C) groups is 1. The molecule has 5 heteroatoms. The molecule has 0 atom stereocenters. The van der Waals surface area contributed by atoms with Crippen LogP contribution in [-0.2, 0) is 6.61 Å². The summed E-state index contributed by atoms with van der Waals surface area (Å²) in [4.78, 5) is 16.4. The lowest BCUT2D eigenvalue weighted by Crippen LogP contribution is -2.27. The molecule has 1 aliphatic rings. The van der Waals surface area contributed by atoms with Crippen LogP contribution in [0.1, 0.15) is 21.5 Å². The molecule has 0 bridgehead atoms. The number of benzene rings is 2. The lowest BCUT2D eigenvalue weighted by molar-refractivity contribution is 0.0977. The Kier molecular flexibility index (Phi) is 4.98. The molecule has 3 rings (SSSR count). The molecule has 1 aliphatic heterocycles. The van der Waals surface area contributed by atoms with Crippen molar-refractivity contribution < 1.29 is 9.53 Å². The highest BCUT2D eigenvalue weighted by atomic mass is 32.2. The molecule has 0 fully saturated rings. The molecule has 2 aromatic carbocycles. The zero-order valence-corrected chi connectivity index (χ0v) is 13.7. The van der Waals surface area contributed by atoms with E-state index in [4.69, 9.17) is 4.74 Å². The average molecular weight is 326 g/mol. The van der Waals surface area contributed by atoms with Gasteiger partial charge >= 0.3 is 0 Å². The fourth-order valence-electron chi connectivity index (χ4n) is 2.28. The molecule has 0 saturated carbocycles. The van der Waals surface area contributed by atoms with Crippen LogP contribution in [-0.4, -0.2) is 23.4 Å². The number of nitrogens with zero attached hydrogens (tertiary/aromatic N) is 1. The van der Waals surface area contributed by atoms with Crippen molar-refractivity contribution >= 4 is 22.8 Å². The molecule has 0 aliphatic carbocycles. The first-order chi connectivity index (χ1) is 11.2. The number of amides is 1. The van der Waals surface area contributed by atoms with Gasteiger partial charge in [0, 0.05) is 11.3 Å². The summed E-state index contributed by atoms with van der Waals surface area (Å²) in [7, 11) is 0. The van der Waals surface area contributed by atoms with Crippen LogP contribution < -0.4 is 10.1 Å². The summed E-state index contributed by atoms with van der Waals surface area (Å²) < 4.78 is 5.79. The molecule has 1 amide bonds. The van der Waals surface area contributed by atoms with Crippen LogP contribution in [0.3, 0.4) is 0 Å². The Morgan fingerprint density at radius 1 is 1.26 bits per heavy atom. The number of aryl methyl sites for hydroxylation is 1. The van der Waals surface area contributed by atoms with Crippen LogP contribution in [0.4, 0.5) is 0 Å². The Bertz CT molecular complexity index is 743. The molecule has 0 radical (unpaired) electrons. The third kappa shape index (κ3) is 4.36. The van der Waals surface area contributed by atoms with Crippen molar-refractivity contribution in [1.29, 1.82) is 0 Å². The fraction of sp³-hybridized carbons (Fsp3) is 0.222. The van der Waals surface area contributed by atoms with Crippen molar-refractivity contribution in [2.75, 3.05) is 12.3 Å². The predicted octanol–water partition coefficient (Wildman–Crippen LogP) is 3.41. The van der Waals surface area contributed by atoms with Crippen molar-refractivity contribution in [3.05, 3.63) is 65.2 Å². The van der Waals surface area contributed by atoms with Gasteiger partial charge < -0.3 is 10.1 Å². The molecular weight excluding hydrogens is 308 g/mol. The third-order valence-electron chi connectivity index (χ3n) is 3.39. The highest BCUT2D eigenvalue weighted by molar-refractivity contribution is 8.14. The van der Waals surface area contributed by atoms with Crippen molar-refractivity contribution in [2.24, 2.45) is 4.99 Å². The second-order valence-corrected chi connectivity index (χ2v) is 6.38. The van der Waals surface area contributed by atoms with Gasteiger partial charge in [0.2, 0.25) is 0 Å². The molecule has 4 nitrogen and oxygen atoms in total. The van der Waals surface area contributed by atoms with E-state index < -0.39 is 0 Å². The van der Waals surface area contributed by atoms with E-state index in [0.29, 0.717) is 23.1 Å². The number of rotatable bonds is 4. The Hall–Kier alpha value is -2.27. The van der Waals surface area contributed by atoms with E-state index in [1.807, 2.05) is 24.3 Å². The van der Waals surface area contributed by atoms with Crippen molar-refractivity contribution in [3.63, 3.8) is 0 Å². The number of ether oxygens (including phenoxy) is 1. The summed E-state index contributed by atoms with van der Waals surface area (Å²) in [6, 6.07) is 15.4. The Balaban J connectivity index is 1.63. The number of hydrogen-bond acceptors (Lipinski definition) is 4. The van der Waals surface area contributed by atoms with Gasteiger partial charge in [0.25, 0.3) is 5.91 Å². The normalized spacial score (nSPS) is 13.5. The summed E-state index contributed by atoms with van der Waals surface area (Å²) in [5.41, 5.74) is 2.88. The zero-order chi connectivity index (χ0) is 16.1. The minimum absolute atomic E-state index is 0.154. The highest BCUT2D eigenvalue weighted by Crippen LogP contribution is 2.17. The fourth-order valence-corrected chi connectivity index (χ4v) is 3.00. The highest BCUT2D eigenvalue weighted by Gasteiger charge is 2.13. The maximum absolute atomic E-state index is 12.2. The molecule has 0 aromatic heterocycles. The summed E-state index contributed by atoms with van der Waals surface area (Å²) in [6.45, 7) is 3.30. The average Bonchev–Trinajstić information content (AvgIpc) is 3.06. The number of thioether (sulfide) groups is 1. The van der Waals surface area contributed by atoms with Gasteiger partial charge in [-0.15, -0.1) is 0 Å². The molecule has 2 aromatic rings. The Morgan fingerprint density at radius 3 is 2.91 bits per heavy atom. The lowest BCUT2D eigenvalue weighted by Gasteiger charge is -2.09. The zero-order valence-electron chi connectivity index (χ0n) is 12.9. The number of carbonyl (C=O) groups is 1. The molecule has 118 valence electrons. The Labute approximate surface area is 140 Å². The van der Waals surface area contributed by atoms with Crippen LogP contribution in [0.5, 0.6) is 5.75 Å². The van der Waals surface area contributed by atoms with Crippen molar-refractivity contribution in [2.45, 2.75) is 13.5 Å². The summed E-state index contributed by atoms with van der Waals surface area (Å²) in [5, 5.41) is 3.52. The largest absolute Gasteiger partial charge is 0.489 e. The van der Waals surface area contributed by atoms with E-state index in [1.54, 1.807) is 23.9 Å². The summed E-state index contributed by atoms with van der Waals surface area (Å²) in [5.74, 6) is 1.45. The number of hydrogen-bond donors (Lipinski definition) is 1. The second kappa shape index (κ2) is 7.33. The standard InChI is InChI=1S/C18H18N2O2S/c1-13-4-2-5-14(10-13)12-22-16-7-3-6-15(11-16)17(21)20-18-19-8-9-23-18/h2-7,10-11H,8-9,12H2,1H3,(H,19,20,21). The molecule has 23 heavy (non-hydrogen) atoms. The Morgan fingerprint density at radius 2 is 2.13 bits per heavy atom. The topological polar surface area (TPSA) is 50.7 Å². The maximum Gasteiger partial charge on any atom is 0.257 e. The smallest absolute Gasteiger partial charge is 0.257 e. The minimum Gasteiger partial charge on any atom is -0.489 e. The monoisotopic (exact) mass is 326 g/mol.